The van der Waals surface area contributed by atoms with Crippen LogP contribution in [0.15, 0.2) is 72.3 Å². The van der Waals surface area contributed by atoms with E-state index in [1.165, 1.54) is 42.1 Å². The van der Waals surface area contributed by atoms with Gasteiger partial charge in [0.15, 0.2) is 0 Å². The Balaban J connectivity index is 1.02. The Labute approximate surface area is 400 Å². The number of ether oxygens (including phenoxy) is 2. The second-order valence-corrected chi connectivity index (χ2v) is 20.6. The van der Waals surface area contributed by atoms with Crippen molar-refractivity contribution < 1.29 is 28.7 Å². The van der Waals surface area contributed by atoms with E-state index in [9.17, 15) is 19.2 Å². The lowest BCUT2D eigenvalue weighted by Crippen LogP contribution is -2.51. The topological polar surface area (TPSA) is 175 Å². The highest BCUT2D eigenvalue weighted by molar-refractivity contribution is 7.99. The molecule has 2 saturated heterocycles. The Morgan fingerprint density at radius 3 is 1.87 bits per heavy atom. The Hall–Kier alpha value is -5.74. The van der Waals surface area contributed by atoms with E-state index in [1.54, 1.807) is 23.5 Å². The van der Waals surface area contributed by atoms with Crippen LogP contribution in [-0.4, -0.2) is 103 Å². The van der Waals surface area contributed by atoms with Gasteiger partial charge in [-0.3, -0.25) is 9.59 Å². The number of H-pyrrole nitrogens is 2. The number of imidazole rings is 2. The number of alkyl carbamates (subject to hydrolysis) is 2. The molecule has 4 aliphatic rings. The van der Waals surface area contributed by atoms with Crippen LogP contribution in [0, 0.1) is 17.8 Å². The number of fused-ring (bicyclic) bond motifs is 10. The second-order valence-electron chi connectivity index (χ2n) is 18.6. The number of thioether (sulfide) groups is 2. The van der Waals surface area contributed by atoms with Crippen molar-refractivity contribution in [1.82, 2.24) is 40.4 Å². The minimum absolute atomic E-state index is 0.118. The lowest BCUT2D eigenvalue weighted by Gasteiger charge is -2.29. The first-order chi connectivity index (χ1) is 32.2. The van der Waals surface area contributed by atoms with Gasteiger partial charge in [0.1, 0.15) is 23.7 Å². The average Bonchev–Trinajstić information content (AvgIpc) is 4.16. The average molecular weight is 947 g/mol. The molecule has 3 aromatic carbocycles. The van der Waals surface area contributed by atoms with Crippen LogP contribution in [0.4, 0.5) is 9.59 Å². The Bertz CT molecular complexity index is 2730. The molecule has 4 heterocycles. The minimum Gasteiger partial charge on any atom is -0.453 e. The van der Waals surface area contributed by atoms with Crippen LogP contribution < -0.4 is 10.6 Å². The molecule has 14 nitrogen and oxygen atoms in total. The van der Waals surface area contributed by atoms with Crippen molar-refractivity contribution in [2.24, 2.45) is 17.8 Å². The number of methoxy groups -OCH3 is 2. The number of allylic oxidation sites excluding steroid dienone is 4. The van der Waals surface area contributed by atoms with Gasteiger partial charge in [-0.2, -0.15) is 0 Å². The van der Waals surface area contributed by atoms with Crippen molar-refractivity contribution in [2.45, 2.75) is 91.4 Å². The molecule has 16 heteroatoms. The summed E-state index contributed by atoms with van der Waals surface area (Å²) >= 11 is 3.35. The highest BCUT2D eigenvalue weighted by atomic mass is 32.2. The van der Waals surface area contributed by atoms with Crippen LogP contribution in [0.5, 0.6) is 0 Å². The van der Waals surface area contributed by atoms with Gasteiger partial charge in [-0.25, -0.2) is 19.6 Å². The maximum Gasteiger partial charge on any atom is 0.407 e. The summed E-state index contributed by atoms with van der Waals surface area (Å²) in [6, 6.07) is 17.8. The quantitative estimate of drug-likeness (QED) is 0.106. The lowest BCUT2D eigenvalue weighted by molar-refractivity contribution is -0.135. The molecular weight excluding hydrogens is 885 g/mol. The Morgan fingerprint density at radius 1 is 0.731 bits per heavy atom. The lowest BCUT2D eigenvalue weighted by atomic mass is 9.88. The number of hydrogen-bond acceptors (Lipinski definition) is 10. The van der Waals surface area contributed by atoms with Crippen molar-refractivity contribution in [2.75, 3.05) is 37.5 Å². The number of rotatable bonds is 10. The first kappa shape index (κ1) is 47.7. The van der Waals surface area contributed by atoms with Crippen LogP contribution in [0.25, 0.3) is 38.8 Å². The first-order valence-corrected chi connectivity index (χ1v) is 25.5. The molecule has 67 heavy (non-hydrogen) atoms. The number of aromatic nitrogens is 4. The molecule has 5 aromatic rings. The number of aromatic amines is 2. The van der Waals surface area contributed by atoms with Crippen molar-refractivity contribution in [3.63, 3.8) is 0 Å². The standard InChI is InChI=1S/C51H62N8O6S2/c1-28(2)44(56-50(62)64-7)48(60)58-26-66-24-42(58)46-52-38-19-17-35(22-40(38)54-46)31(6)33-13-9-30(5)10-14-34-16-12-32(11-15-33)21-37(34)36-18-20-39-41(23-36)55-47(53-39)43-25-67-27-59(43)49(61)45(29(3)4)57-51(63)65-8/h9,12-13,16-23,28-30,42-45H,10-11,14-15,24-27H2,1-8H3,(H,52,54)(H,53,55)(H,56,62)(H,57,63)/b13-9-,33-31-/t30-,42-,43-,44-,45-/m0/s1. The molecule has 354 valence electrons. The minimum atomic E-state index is -0.706. The van der Waals surface area contributed by atoms with Gasteiger partial charge in [0.25, 0.3) is 0 Å². The maximum atomic E-state index is 13.8. The van der Waals surface area contributed by atoms with Gasteiger partial charge in [-0.1, -0.05) is 77.1 Å². The molecule has 9 rings (SSSR count). The van der Waals surface area contributed by atoms with Crippen LogP contribution in [0.2, 0.25) is 0 Å². The fourth-order valence-electron chi connectivity index (χ4n) is 9.19. The molecule has 4 N–H and O–H groups in total. The van der Waals surface area contributed by atoms with E-state index >= 15 is 0 Å². The number of carbonyl (C=O) groups is 4. The molecule has 0 radical (unpaired) electrons. The highest BCUT2D eigenvalue weighted by Crippen LogP contribution is 2.38. The van der Waals surface area contributed by atoms with Gasteiger partial charge < -0.3 is 39.9 Å². The highest BCUT2D eigenvalue weighted by Gasteiger charge is 2.39. The van der Waals surface area contributed by atoms with E-state index in [0.717, 1.165) is 70.5 Å². The third-order valence-corrected chi connectivity index (χ3v) is 15.3. The molecule has 0 unspecified atom stereocenters. The summed E-state index contributed by atoms with van der Waals surface area (Å²) in [6.07, 6.45) is 7.08. The van der Waals surface area contributed by atoms with E-state index in [0.29, 0.717) is 29.2 Å². The van der Waals surface area contributed by atoms with Crippen LogP contribution in [0.3, 0.4) is 0 Å². The predicted molar refractivity (Wildman–Crippen MR) is 267 cm³/mol. The van der Waals surface area contributed by atoms with E-state index in [-0.39, 0.29) is 35.7 Å². The van der Waals surface area contributed by atoms with Gasteiger partial charge in [0, 0.05) is 11.5 Å². The van der Waals surface area contributed by atoms with Gasteiger partial charge in [0.05, 0.1) is 60.1 Å². The molecule has 2 fully saturated rings. The van der Waals surface area contributed by atoms with E-state index in [4.69, 9.17) is 19.4 Å². The summed E-state index contributed by atoms with van der Waals surface area (Å²) in [7, 11) is 2.60. The predicted octanol–water partition coefficient (Wildman–Crippen LogP) is 9.56. The Kier molecular flexibility index (Phi) is 14.7. The molecular formula is C51H62N8O6S2. The van der Waals surface area contributed by atoms with Crippen LogP contribution in [-0.2, 0) is 31.9 Å². The number of aryl methyl sites for hydroxylation is 2. The molecule has 4 amide bonds. The molecule has 2 aliphatic carbocycles. The summed E-state index contributed by atoms with van der Waals surface area (Å²) in [4.78, 5) is 72.5. The molecule has 0 spiro atoms. The third kappa shape index (κ3) is 10.4. The van der Waals surface area contributed by atoms with Gasteiger partial charge in [-0.05, 0) is 114 Å². The fraction of sp³-hybridized carbons (Fsp3) is 0.451. The maximum absolute atomic E-state index is 13.8. The van der Waals surface area contributed by atoms with Crippen LogP contribution >= 0.6 is 23.5 Å². The van der Waals surface area contributed by atoms with E-state index in [2.05, 4.69) is 101 Å². The summed E-state index contributed by atoms with van der Waals surface area (Å²) in [6.45, 7) is 12.1. The third-order valence-electron chi connectivity index (χ3n) is 13.3. The summed E-state index contributed by atoms with van der Waals surface area (Å²) < 4.78 is 9.63. The van der Waals surface area contributed by atoms with Crippen molar-refractivity contribution >= 4 is 75.2 Å². The van der Waals surface area contributed by atoms with Crippen molar-refractivity contribution in [3.8, 4) is 11.1 Å². The number of amides is 4. The van der Waals surface area contributed by atoms with Gasteiger partial charge in [0.2, 0.25) is 11.8 Å². The van der Waals surface area contributed by atoms with Crippen LogP contribution in [0.1, 0.15) is 94.8 Å². The zero-order valence-corrected chi connectivity index (χ0v) is 41.2. The molecule has 2 bridgehead atoms. The molecule has 5 atom stereocenters. The SMILES string of the molecule is COC(=O)N[C@H](C(=O)N1CSC[C@H]1c1nc2ccc(/C(C)=C3/C=C\[C@H](C)CCc4ccc(cc4-c4ccc5nc([C@@H]6CSCN6C(=O)[C@@H](NC(=O)OC)C(C)C)[nH]c5c4)CC3)cc2[nH]1)C(C)C. The number of carbonyl (C=O) groups excluding carboxylic acids is 4. The monoisotopic (exact) mass is 946 g/mol. The normalized spacial score (nSPS) is 21.0. The van der Waals surface area contributed by atoms with Crippen molar-refractivity contribution in [1.29, 1.82) is 0 Å². The Morgan fingerprint density at radius 2 is 1.30 bits per heavy atom. The summed E-state index contributed by atoms with van der Waals surface area (Å²) in [5, 5.41) is 5.46. The van der Waals surface area contributed by atoms with Gasteiger partial charge >= 0.3 is 12.2 Å². The largest absolute Gasteiger partial charge is 0.453 e. The zero-order valence-electron chi connectivity index (χ0n) is 39.6. The molecule has 2 aliphatic heterocycles. The molecule has 2 aromatic heterocycles. The summed E-state index contributed by atoms with van der Waals surface area (Å²) in [5.41, 5.74) is 12.0. The number of nitrogens with zero attached hydrogens (tertiary/aromatic N) is 4. The van der Waals surface area contributed by atoms with Crippen molar-refractivity contribution in [3.05, 3.63) is 101 Å². The fourth-order valence-corrected chi connectivity index (χ4v) is 11.5. The zero-order chi connectivity index (χ0) is 47.5. The van der Waals surface area contributed by atoms with E-state index in [1.807, 2.05) is 37.5 Å². The summed E-state index contributed by atoms with van der Waals surface area (Å²) in [5.74, 6) is 3.73. The number of nitrogens with one attached hydrogen (secondary N) is 4. The van der Waals surface area contributed by atoms with E-state index < -0.39 is 24.3 Å². The molecule has 0 saturated carbocycles. The second kappa shape index (κ2) is 20.6. The first-order valence-electron chi connectivity index (χ1n) is 23.2. The number of hydrogen-bond donors (Lipinski definition) is 4. The number of benzene rings is 3. The smallest absolute Gasteiger partial charge is 0.407 e. The van der Waals surface area contributed by atoms with Gasteiger partial charge in [-0.15, -0.1) is 23.5 Å².